The monoisotopic (exact) mass is 458 g/mol. The molecule has 0 aromatic heterocycles. The Morgan fingerprint density at radius 2 is 1.44 bits per heavy atom. The van der Waals surface area contributed by atoms with Crippen LogP contribution in [0.25, 0.3) is 11.1 Å². The number of benzene rings is 3. The van der Waals surface area contributed by atoms with Gasteiger partial charge in [0.2, 0.25) is 5.91 Å². The Morgan fingerprint density at radius 1 is 0.824 bits per heavy atom. The van der Waals surface area contributed by atoms with E-state index in [4.69, 9.17) is 9.84 Å². The molecule has 0 atom stereocenters. The predicted octanol–water partition coefficient (Wildman–Crippen LogP) is 4.57. The Morgan fingerprint density at radius 3 is 2.06 bits per heavy atom. The van der Waals surface area contributed by atoms with Gasteiger partial charge in [-0.25, -0.2) is 4.79 Å². The molecule has 0 spiro atoms. The van der Waals surface area contributed by atoms with Crippen LogP contribution >= 0.6 is 0 Å². The maximum atomic E-state index is 12.2. The summed E-state index contributed by atoms with van der Waals surface area (Å²) in [5, 5.41) is 14.1. The molecule has 0 saturated carbocycles. The summed E-state index contributed by atoms with van der Waals surface area (Å²) in [6.45, 7) is 0.374. The van der Waals surface area contributed by atoms with E-state index in [1.807, 2.05) is 24.3 Å². The standard InChI is InChI=1S/C27H26N2O5/c30-25(29-19-12-9-18(10-13-19)11-14-26(31)32)15-16-28-27(33)34-17-24-22-7-3-1-5-20(22)21-6-2-4-8-23(21)24/h1-10,12-13,24H,11,14-17H2,(H,28,33)(H,29,30)(H,31,32). The smallest absolute Gasteiger partial charge is 0.407 e. The number of fused-ring (bicyclic) bond motifs is 3. The number of hydrogen-bond donors (Lipinski definition) is 3. The van der Waals surface area contributed by atoms with Crippen molar-refractivity contribution in [1.29, 1.82) is 0 Å². The van der Waals surface area contributed by atoms with Crippen LogP contribution in [0.15, 0.2) is 72.8 Å². The summed E-state index contributed by atoms with van der Waals surface area (Å²) in [6.07, 6.45) is 0.0451. The molecule has 2 amide bonds. The van der Waals surface area contributed by atoms with Gasteiger partial charge in [-0.1, -0.05) is 60.7 Å². The lowest BCUT2D eigenvalue weighted by molar-refractivity contribution is -0.137. The third-order valence-corrected chi connectivity index (χ3v) is 5.83. The van der Waals surface area contributed by atoms with Crippen molar-refractivity contribution in [3.63, 3.8) is 0 Å². The number of nitrogens with one attached hydrogen (secondary N) is 2. The summed E-state index contributed by atoms with van der Waals surface area (Å²) >= 11 is 0. The van der Waals surface area contributed by atoms with Crippen molar-refractivity contribution in [1.82, 2.24) is 5.32 Å². The van der Waals surface area contributed by atoms with Gasteiger partial charge < -0.3 is 20.5 Å². The fourth-order valence-corrected chi connectivity index (χ4v) is 4.16. The van der Waals surface area contributed by atoms with E-state index in [0.717, 1.165) is 16.7 Å². The lowest BCUT2D eigenvalue weighted by Crippen LogP contribution is -2.29. The first-order valence-corrected chi connectivity index (χ1v) is 11.2. The van der Waals surface area contributed by atoms with E-state index in [-0.39, 0.29) is 37.8 Å². The van der Waals surface area contributed by atoms with Crippen LogP contribution in [0.2, 0.25) is 0 Å². The zero-order chi connectivity index (χ0) is 23.9. The van der Waals surface area contributed by atoms with Crippen LogP contribution in [0.1, 0.15) is 35.4 Å². The first kappa shape index (κ1) is 23.0. The molecule has 3 N–H and O–H groups in total. The summed E-state index contributed by atoms with van der Waals surface area (Å²) in [7, 11) is 0. The number of aliphatic carboxylic acids is 1. The van der Waals surface area contributed by atoms with Gasteiger partial charge in [0.15, 0.2) is 0 Å². The van der Waals surface area contributed by atoms with E-state index in [2.05, 4.69) is 34.9 Å². The zero-order valence-corrected chi connectivity index (χ0v) is 18.6. The van der Waals surface area contributed by atoms with Gasteiger partial charge in [0.1, 0.15) is 6.61 Å². The summed E-state index contributed by atoms with van der Waals surface area (Å²) in [6, 6.07) is 23.3. The van der Waals surface area contributed by atoms with Crippen molar-refractivity contribution in [2.24, 2.45) is 0 Å². The number of carbonyl (C=O) groups excluding carboxylic acids is 2. The zero-order valence-electron chi connectivity index (χ0n) is 18.6. The summed E-state index contributed by atoms with van der Waals surface area (Å²) in [4.78, 5) is 35.0. The average molecular weight is 459 g/mol. The molecule has 34 heavy (non-hydrogen) atoms. The maximum absolute atomic E-state index is 12.2. The van der Waals surface area contributed by atoms with Crippen LogP contribution in [-0.4, -0.2) is 36.2 Å². The van der Waals surface area contributed by atoms with E-state index in [9.17, 15) is 14.4 Å². The van der Waals surface area contributed by atoms with Crippen molar-refractivity contribution < 1.29 is 24.2 Å². The second kappa shape index (κ2) is 10.7. The van der Waals surface area contributed by atoms with Crippen molar-refractivity contribution in [3.8, 4) is 11.1 Å². The van der Waals surface area contributed by atoms with Gasteiger partial charge in [-0.15, -0.1) is 0 Å². The SMILES string of the molecule is O=C(O)CCc1ccc(NC(=O)CCNC(=O)OCC2c3ccccc3-c3ccccc32)cc1. The van der Waals surface area contributed by atoms with Gasteiger partial charge in [0.25, 0.3) is 0 Å². The lowest BCUT2D eigenvalue weighted by atomic mass is 9.98. The van der Waals surface area contributed by atoms with E-state index in [0.29, 0.717) is 12.1 Å². The fraction of sp³-hybridized carbons (Fsp3) is 0.222. The van der Waals surface area contributed by atoms with Gasteiger partial charge >= 0.3 is 12.1 Å². The highest BCUT2D eigenvalue weighted by atomic mass is 16.5. The van der Waals surface area contributed by atoms with Crippen LogP contribution in [0.5, 0.6) is 0 Å². The molecule has 3 aromatic rings. The number of carbonyl (C=O) groups is 3. The number of ether oxygens (including phenoxy) is 1. The molecule has 0 bridgehead atoms. The van der Waals surface area contributed by atoms with E-state index in [1.165, 1.54) is 11.1 Å². The largest absolute Gasteiger partial charge is 0.481 e. The minimum atomic E-state index is -0.846. The molecule has 7 nitrogen and oxygen atoms in total. The second-order valence-electron chi connectivity index (χ2n) is 8.14. The minimum absolute atomic E-state index is 0.0140. The van der Waals surface area contributed by atoms with Gasteiger partial charge in [0.05, 0.1) is 0 Å². The summed E-state index contributed by atoms with van der Waals surface area (Å²) < 4.78 is 5.47. The molecule has 0 saturated heterocycles. The van der Waals surface area contributed by atoms with Crippen molar-refractivity contribution >= 4 is 23.7 Å². The first-order valence-electron chi connectivity index (χ1n) is 11.2. The number of carboxylic acid groups (broad SMARTS) is 1. The molecule has 4 rings (SSSR count). The van der Waals surface area contributed by atoms with E-state index < -0.39 is 12.1 Å². The summed E-state index contributed by atoms with van der Waals surface area (Å²) in [5.74, 6) is -1.10. The number of alkyl carbamates (subject to hydrolysis) is 1. The molecular formula is C27H26N2O5. The number of rotatable bonds is 9. The molecular weight excluding hydrogens is 432 g/mol. The molecule has 3 aromatic carbocycles. The third kappa shape index (κ3) is 5.61. The maximum Gasteiger partial charge on any atom is 0.407 e. The van der Waals surface area contributed by atoms with Crippen molar-refractivity contribution in [3.05, 3.63) is 89.5 Å². The predicted molar refractivity (Wildman–Crippen MR) is 129 cm³/mol. The molecule has 0 aliphatic heterocycles. The van der Waals surface area contributed by atoms with Crippen LogP contribution in [0, 0.1) is 0 Å². The van der Waals surface area contributed by atoms with Crippen molar-refractivity contribution in [2.45, 2.75) is 25.2 Å². The van der Waals surface area contributed by atoms with Gasteiger partial charge in [-0.3, -0.25) is 9.59 Å². The van der Waals surface area contributed by atoms with Gasteiger partial charge in [-0.2, -0.15) is 0 Å². The summed E-state index contributed by atoms with van der Waals surface area (Å²) in [5.41, 5.74) is 6.12. The van der Waals surface area contributed by atoms with Crippen LogP contribution in [-0.2, 0) is 20.7 Å². The van der Waals surface area contributed by atoms with Crippen molar-refractivity contribution in [2.75, 3.05) is 18.5 Å². The fourth-order valence-electron chi connectivity index (χ4n) is 4.16. The van der Waals surface area contributed by atoms with Crippen LogP contribution in [0.3, 0.4) is 0 Å². The Bertz CT molecular complexity index is 1140. The third-order valence-electron chi connectivity index (χ3n) is 5.83. The Hall–Kier alpha value is -4.13. The quantitative estimate of drug-likeness (QED) is 0.436. The second-order valence-corrected chi connectivity index (χ2v) is 8.14. The highest BCUT2D eigenvalue weighted by Crippen LogP contribution is 2.44. The number of anilines is 1. The topological polar surface area (TPSA) is 105 Å². The molecule has 0 heterocycles. The molecule has 0 unspecified atom stereocenters. The molecule has 1 aliphatic carbocycles. The molecule has 0 radical (unpaired) electrons. The lowest BCUT2D eigenvalue weighted by Gasteiger charge is -2.14. The highest BCUT2D eigenvalue weighted by molar-refractivity contribution is 5.91. The number of aryl methyl sites for hydroxylation is 1. The van der Waals surface area contributed by atoms with E-state index >= 15 is 0 Å². The first-order chi connectivity index (χ1) is 16.5. The molecule has 7 heteroatoms. The number of carboxylic acids is 1. The van der Waals surface area contributed by atoms with E-state index in [1.54, 1.807) is 24.3 Å². The normalized spacial score (nSPS) is 11.9. The molecule has 0 fully saturated rings. The van der Waals surface area contributed by atoms with Gasteiger partial charge in [0, 0.05) is 31.0 Å². The van der Waals surface area contributed by atoms with Gasteiger partial charge in [-0.05, 0) is 46.4 Å². The number of amides is 2. The molecule has 174 valence electrons. The van der Waals surface area contributed by atoms with Crippen LogP contribution in [0.4, 0.5) is 10.5 Å². The molecule has 1 aliphatic rings. The Balaban J connectivity index is 1.21. The average Bonchev–Trinajstić information content (AvgIpc) is 3.16. The number of hydrogen-bond acceptors (Lipinski definition) is 4. The van der Waals surface area contributed by atoms with Crippen LogP contribution < -0.4 is 10.6 Å². The Kier molecular flexibility index (Phi) is 7.22. The minimum Gasteiger partial charge on any atom is -0.481 e. The highest BCUT2D eigenvalue weighted by Gasteiger charge is 2.28. The Labute approximate surface area is 197 Å².